The SMILES string of the molecule is [N-]=[N+]=NCC1CC(=O)N(c2ncn[nH]2)C1. The van der Waals surface area contributed by atoms with E-state index in [0.29, 0.717) is 25.5 Å². The third-order valence-electron chi connectivity index (χ3n) is 2.27. The fourth-order valence-electron chi connectivity index (χ4n) is 1.59. The summed E-state index contributed by atoms with van der Waals surface area (Å²) >= 11 is 0. The number of aromatic amines is 1. The molecule has 2 heterocycles. The standard InChI is InChI=1S/C7H9N7O/c8-13-10-2-5-1-6(15)14(3-5)7-9-4-11-12-7/h4-5H,1-3H2,(H,9,11,12). The molecule has 1 aromatic rings. The van der Waals surface area contributed by atoms with Gasteiger partial charge in [0, 0.05) is 24.4 Å². The number of anilines is 1. The number of carbonyl (C=O) groups excluding carboxylic acids is 1. The van der Waals surface area contributed by atoms with Gasteiger partial charge in [-0.3, -0.25) is 9.69 Å². The molecule has 78 valence electrons. The van der Waals surface area contributed by atoms with Crippen molar-refractivity contribution in [2.75, 3.05) is 18.0 Å². The van der Waals surface area contributed by atoms with Crippen molar-refractivity contribution in [2.24, 2.45) is 11.0 Å². The van der Waals surface area contributed by atoms with E-state index in [0.717, 1.165) is 0 Å². The Bertz CT molecular complexity index is 393. The number of aromatic nitrogens is 3. The molecular formula is C7H9N7O. The van der Waals surface area contributed by atoms with Gasteiger partial charge in [-0.25, -0.2) is 5.10 Å². The Kier molecular flexibility index (Phi) is 2.51. The molecule has 1 amide bonds. The molecule has 1 N–H and O–H groups in total. The number of nitrogens with one attached hydrogen (secondary N) is 1. The molecule has 1 aliphatic heterocycles. The van der Waals surface area contributed by atoms with Gasteiger partial charge in [0.25, 0.3) is 0 Å². The van der Waals surface area contributed by atoms with Crippen molar-refractivity contribution in [3.8, 4) is 0 Å². The summed E-state index contributed by atoms with van der Waals surface area (Å²) in [5.41, 5.74) is 8.17. The van der Waals surface area contributed by atoms with E-state index in [1.54, 1.807) is 0 Å². The summed E-state index contributed by atoms with van der Waals surface area (Å²) in [6.45, 7) is 0.861. The Labute approximate surface area is 84.9 Å². The molecule has 0 aromatic carbocycles. The lowest BCUT2D eigenvalue weighted by Gasteiger charge is -2.11. The second-order valence-electron chi connectivity index (χ2n) is 3.30. The van der Waals surface area contributed by atoms with Crippen LogP contribution in [0.2, 0.25) is 0 Å². The first-order valence-electron chi connectivity index (χ1n) is 4.48. The van der Waals surface area contributed by atoms with E-state index in [2.05, 4.69) is 25.2 Å². The number of azide groups is 1. The maximum atomic E-state index is 11.5. The van der Waals surface area contributed by atoms with Gasteiger partial charge < -0.3 is 0 Å². The van der Waals surface area contributed by atoms with Crippen LogP contribution < -0.4 is 4.90 Å². The van der Waals surface area contributed by atoms with E-state index in [9.17, 15) is 4.79 Å². The van der Waals surface area contributed by atoms with Crippen molar-refractivity contribution >= 4 is 11.9 Å². The third-order valence-corrected chi connectivity index (χ3v) is 2.27. The highest BCUT2D eigenvalue weighted by Crippen LogP contribution is 2.21. The number of nitrogens with zero attached hydrogens (tertiary/aromatic N) is 6. The van der Waals surface area contributed by atoms with E-state index >= 15 is 0 Å². The van der Waals surface area contributed by atoms with E-state index in [1.807, 2.05) is 0 Å². The molecule has 8 nitrogen and oxygen atoms in total. The molecule has 0 spiro atoms. The number of rotatable bonds is 3. The molecule has 8 heteroatoms. The Morgan fingerprint density at radius 3 is 3.33 bits per heavy atom. The van der Waals surface area contributed by atoms with Crippen LogP contribution in [-0.2, 0) is 4.79 Å². The molecule has 1 aliphatic rings. The average Bonchev–Trinajstić information content (AvgIpc) is 2.83. The van der Waals surface area contributed by atoms with Gasteiger partial charge in [-0.1, -0.05) is 5.11 Å². The largest absolute Gasteiger partial charge is 0.281 e. The minimum absolute atomic E-state index is 0.0233. The van der Waals surface area contributed by atoms with Crippen LogP contribution in [0.25, 0.3) is 10.4 Å². The Hall–Kier alpha value is -2.08. The highest BCUT2D eigenvalue weighted by Gasteiger charge is 2.31. The van der Waals surface area contributed by atoms with Gasteiger partial charge >= 0.3 is 0 Å². The summed E-state index contributed by atoms with van der Waals surface area (Å²) in [5, 5.41) is 9.76. The average molecular weight is 207 g/mol. The van der Waals surface area contributed by atoms with Crippen molar-refractivity contribution in [3.63, 3.8) is 0 Å². The monoisotopic (exact) mass is 207 g/mol. The summed E-state index contributed by atoms with van der Waals surface area (Å²) < 4.78 is 0. The van der Waals surface area contributed by atoms with Crippen LogP contribution >= 0.6 is 0 Å². The first-order chi connectivity index (χ1) is 7.31. The van der Waals surface area contributed by atoms with Crippen LogP contribution in [0.4, 0.5) is 5.95 Å². The zero-order valence-corrected chi connectivity index (χ0v) is 7.87. The van der Waals surface area contributed by atoms with Gasteiger partial charge in [0.05, 0.1) is 0 Å². The molecule has 0 aliphatic carbocycles. The minimum atomic E-state index is -0.0233. The lowest BCUT2D eigenvalue weighted by Crippen LogP contribution is -2.25. The second kappa shape index (κ2) is 3.97. The first kappa shape index (κ1) is 9.47. The predicted octanol–water partition coefficient (Wildman–Crippen LogP) is 0.468. The highest BCUT2D eigenvalue weighted by molar-refractivity contribution is 5.93. The van der Waals surface area contributed by atoms with Crippen LogP contribution in [0.1, 0.15) is 6.42 Å². The topological polar surface area (TPSA) is 111 Å². The molecule has 1 saturated heterocycles. The van der Waals surface area contributed by atoms with Crippen LogP contribution in [0.15, 0.2) is 11.4 Å². The second-order valence-corrected chi connectivity index (χ2v) is 3.30. The van der Waals surface area contributed by atoms with Gasteiger partial charge in [0.2, 0.25) is 11.9 Å². The number of hydrogen-bond donors (Lipinski definition) is 1. The fraction of sp³-hybridized carbons (Fsp3) is 0.571. The van der Waals surface area contributed by atoms with Crippen LogP contribution in [0.5, 0.6) is 0 Å². The molecule has 0 saturated carbocycles. The molecule has 1 atom stereocenters. The van der Waals surface area contributed by atoms with Crippen molar-refractivity contribution in [1.82, 2.24) is 15.2 Å². The highest BCUT2D eigenvalue weighted by atomic mass is 16.2. The Balaban J connectivity index is 2.05. The molecule has 1 unspecified atom stereocenters. The first-order valence-corrected chi connectivity index (χ1v) is 4.48. The maximum Gasteiger partial charge on any atom is 0.229 e. The third kappa shape index (κ3) is 1.89. The molecule has 1 aromatic heterocycles. The van der Waals surface area contributed by atoms with Crippen molar-refractivity contribution in [2.45, 2.75) is 6.42 Å². The zero-order valence-electron chi connectivity index (χ0n) is 7.87. The number of H-pyrrole nitrogens is 1. The molecule has 15 heavy (non-hydrogen) atoms. The molecular weight excluding hydrogens is 198 g/mol. The summed E-state index contributed by atoms with van der Waals surface area (Å²) in [7, 11) is 0. The summed E-state index contributed by atoms with van der Waals surface area (Å²) in [6.07, 6.45) is 1.74. The summed E-state index contributed by atoms with van der Waals surface area (Å²) in [4.78, 5) is 19.6. The molecule has 1 fully saturated rings. The smallest absolute Gasteiger partial charge is 0.229 e. The normalized spacial score (nSPS) is 20.4. The van der Waals surface area contributed by atoms with Gasteiger partial charge in [0.1, 0.15) is 6.33 Å². The van der Waals surface area contributed by atoms with Crippen LogP contribution in [0.3, 0.4) is 0 Å². The van der Waals surface area contributed by atoms with Crippen molar-refractivity contribution in [1.29, 1.82) is 0 Å². The van der Waals surface area contributed by atoms with E-state index in [-0.39, 0.29) is 11.8 Å². The molecule has 2 rings (SSSR count). The van der Waals surface area contributed by atoms with Gasteiger partial charge in [0.15, 0.2) is 0 Å². The fourth-order valence-corrected chi connectivity index (χ4v) is 1.59. The zero-order chi connectivity index (χ0) is 10.7. The van der Waals surface area contributed by atoms with E-state index < -0.39 is 0 Å². The van der Waals surface area contributed by atoms with Crippen LogP contribution in [0, 0.1) is 5.92 Å². The lowest BCUT2D eigenvalue weighted by molar-refractivity contribution is -0.117. The maximum absolute atomic E-state index is 11.5. The van der Waals surface area contributed by atoms with Crippen LogP contribution in [-0.4, -0.2) is 34.2 Å². The van der Waals surface area contributed by atoms with Crippen molar-refractivity contribution in [3.05, 3.63) is 16.8 Å². The van der Waals surface area contributed by atoms with E-state index in [4.69, 9.17) is 5.53 Å². The lowest BCUT2D eigenvalue weighted by atomic mass is 10.1. The Morgan fingerprint density at radius 2 is 2.67 bits per heavy atom. The predicted molar refractivity (Wildman–Crippen MR) is 50.9 cm³/mol. The Morgan fingerprint density at radius 1 is 1.80 bits per heavy atom. The number of amides is 1. The molecule has 0 bridgehead atoms. The summed E-state index contributed by atoms with van der Waals surface area (Å²) in [5.74, 6) is 0.492. The quantitative estimate of drug-likeness (QED) is 0.441. The van der Waals surface area contributed by atoms with E-state index in [1.165, 1.54) is 11.2 Å². The minimum Gasteiger partial charge on any atom is -0.281 e. The van der Waals surface area contributed by atoms with Gasteiger partial charge in [-0.05, 0) is 11.4 Å². The van der Waals surface area contributed by atoms with Crippen molar-refractivity contribution < 1.29 is 4.79 Å². The number of carbonyl (C=O) groups is 1. The number of hydrogen-bond acceptors (Lipinski definition) is 4. The summed E-state index contributed by atoms with van der Waals surface area (Å²) in [6, 6.07) is 0. The van der Waals surface area contributed by atoms with Gasteiger partial charge in [-0.2, -0.15) is 10.1 Å². The van der Waals surface area contributed by atoms with Gasteiger partial charge in [-0.15, -0.1) is 0 Å². The molecule has 0 radical (unpaired) electrons.